The van der Waals surface area contributed by atoms with Crippen LogP contribution in [-0.4, -0.2) is 22.2 Å². The van der Waals surface area contributed by atoms with E-state index >= 15 is 0 Å². The van der Waals surface area contributed by atoms with Gasteiger partial charge in [0, 0.05) is 18.7 Å². The highest BCUT2D eigenvalue weighted by Gasteiger charge is 2.11. The molecule has 0 saturated heterocycles. The molecule has 0 aliphatic rings. The summed E-state index contributed by atoms with van der Waals surface area (Å²) in [5.74, 6) is -0.278. The molecule has 2 rings (SSSR count). The van der Waals surface area contributed by atoms with Crippen LogP contribution < -0.4 is 11.1 Å². The van der Waals surface area contributed by atoms with Gasteiger partial charge in [0.1, 0.15) is 0 Å². The lowest BCUT2D eigenvalue weighted by Gasteiger charge is -2.07. The van der Waals surface area contributed by atoms with Crippen molar-refractivity contribution in [2.24, 2.45) is 11.7 Å². The summed E-state index contributed by atoms with van der Waals surface area (Å²) in [6.45, 7) is 2.82. The molecular formula is C14H18N4O. The topological polar surface area (TPSA) is 72.9 Å². The Morgan fingerprint density at radius 1 is 1.42 bits per heavy atom. The molecular weight excluding hydrogens is 240 g/mol. The first kappa shape index (κ1) is 13.3. The summed E-state index contributed by atoms with van der Waals surface area (Å²) in [6.07, 6.45) is 3.46. The van der Waals surface area contributed by atoms with Gasteiger partial charge in [0.05, 0.1) is 18.4 Å². The van der Waals surface area contributed by atoms with Crippen molar-refractivity contribution in [3.63, 3.8) is 0 Å². The standard InChI is InChI=1S/C14H18N4O/c1-11(7-15)14(19)17-13-8-16-18(10-13)9-12-5-3-2-4-6-12/h2-6,8,10-11H,7,9,15H2,1H3,(H,17,19). The number of amides is 1. The minimum atomic E-state index is -0.197. The molecule has 1 amide bonds. The number of hydrogen-bond donors (Lipinski definition) is 2. The summed E-state index contributed by atoms with van der Waals surface area (Å²) < 4.78 is 1.79. The molecule has 1 aromatic heterocycles. The monoisotopic (exact) mass is 258 g/mol. The first-order chi connectivity index (χ1) is 9.19. The maximum atomic E-state index is 11.7. The zero-order chi connectivity index (χ0) is 13.7. The fourth-order valence-electron chi connectivity index (χ4n) is 1.66. The third kappa shape index (κ3) is 3.66. The van der Waals surface area contributed by atoms with E-state index in [1.165, 1.54) is 5.56 Å². The van der Waals surface area contributed by atoms with Crippen molar-refractivity contribution in [1.29, 1.82) is 0 Å². The van der Waals surface area contributed by atoms with Crippen LogP contribution in [0.5, 0.6) is 0 Å². The summed E-state index contributed by atoms with van der Waals surface area (Å²) >= 11 is 0. The van der Waals surface area contributed by atoms with Crippen LogP contribution in [0.25, 0.3) is 0 Å². The number of carbonyl (C=O) groups is 1. The number of carbonyl (C=O) groups excluding carboxylic acids is 1. The summed E-state index contributed by atoms with van der Waals surface area (Å²) in [5, 5.41) is 7.02. The van der Waals surface area contributed by atoms with Crippen LogP contribution in [0.4, 0.5) is 5.69 Å². The van der Waals surface area contributed by atoms with Gasteiger partial charge in [-0.05, 0) is 5.56 Å². The highest BCUT2D eigenvalue weighted by Crippen LogP contribution is 2.09. The van der Waals surface area contributed by atoms with Gasteiger partial charge in [-0.3, -0.25) is 9.48 Å². The minimum Gasteiger partial charge on any atom is -0.330 e. The lowest BCUT2D eigenvalue weighted by atomic mass is 10.2. The van der Waals surface area contributed by atoms with E-state index in [-0.39, 0.29) is 11.8 Å². The van der Waals surface area contributed by atoms with E-state index < -0.39 is 0 Å². The summed E-state index contributed by atoms with van der Waals surface area (Å²) in [7, 11) is 0. The first-order valence-electron chi connectivity index (χ1n) is 6.26. The van der Waals surface area contributed by atoms with Gasteiger partial charge in [0.15, 0.2) is 0 Å². The average Bonchev–Trinajstić information content (AvgIpc) is 2.86. The highest BCUT2D eigenvalue weighted by atomic mass is 16.1. The number of rotatable bonds is 5. The number of nitrogens with zero attached hydrogens (tertiary/aromatic N) is 2. The molecule has 0 bridgehead atoms. The Hall–Kier alpha value is -2.14. The van der Waals surface area contributed by atoms with Crippen molar-refractivity contribution < 1.29 is 4.79 Å². The zero-order valence-electron chi connectivity index (χ0n) is 10.9. The smallest absolute Gasteiger partial charge is 0.228 e. The van der Waals surface area contributed by atoms with Gasteiger partial charge in [-0.15, -0.1) is 0 Å². The molecule has 1 atom stereocenters. The lowest BCUT2D eigenvalue weighted by molar-refractivity contribution is -0.119. The number of nitrogens with one attached hydrogen (secondary N) is 1. The van der Waals surface area contributed by atoms with Crippen molar-refractivity contribution >= 4 is 11.6 Å². The predicted molar refractivity (Wildman–Crippen MR) is 74.6 cm³/mol. The van der Waals surface area contributed by atoms with Crippen molar-refractivity contribution in [3.05, 3.63) is 48.3 Å². The number of hydrogen-bond acceptors (Lipinski definition) is 3. The van der Waals surface area contributed by atoms with Crippen molar-refractivity contribution in [1.82, 2.24) is 9.78 Å². The number of aromatic nitrogens is 2. The van der Waals surface area contributed by atoms with Crippen LogP contribution in [0.15, 0.2) is 42.7 Å². The van der Waals surface area contributed by atoms with Gasteiger partial charge >= 0.3 is 0 Å². The van der Waals surface area contributed by atoms with Gasteiger partial charge in [-0.1, -0.05) is 37.3 Å². The third-order valence-corrected chi connectivity index (χ3v) is 2.89. The van der Waals surface area contributed by atoms with Crippen molar-refractivity contribution in [2.75, 3.05) is 11.9 Å². The molecule has 0 saturated carbocycles. The molecule has 0 fully saturated rings. The fourth-order valence-corrected chi connectivity index (χ4v) is 1.66. The molecule has 1 aromatic carbocycles. The van der Waals surface area contributed by atoms with Crippen molar-refractivity contribution in [2.45, 2.75) is 13.5 Å². The van der Waals surface area contributed by atoms with E-state index in [0.717, 1.165) is 0 Å². The summed E-state index contributed by atoms with van der Waals surface area (Å²) in [6, 6.07) is 10.0. The van der Waals surface area contributed by atoms with E-state index in [9.17, 15) is 4.79 Å². The molecule has 0 spiro atoms. The maximum Gasteiger partial charge on any atom is 0.228 e. The van der Waals surface area contributed by atoms with E-state index in [1.807, 2.05) is 36.5 Å². The number of benzene rings is 1. The molecule has 5 heteroatoms. The molecule has 1 heterocycles. The summed E-state index contributed by atoms with van der Waals surface area (Å²) in [5.41, 5.74) is 7.31. The molecule has 100 valence electrons. The molecule has 0 radical (unpaired) electrons. The van der Waals surface area contributed by atoms with Crippen LogP contribution >= 0.6 is 0 Å². The normalized spacial score (nSPS) is 12.1. The van der Waals surface area contributed by atoms with Gasteiger partial charge in [0.2, 0.25) is 5.91 Å². The van der Waals surface area contributed by atoms with Crippen LogP contribution in [0.1, 0.15) is 12.5 Å². The predicted octanol–water partition coefficient (Wildman–Crippen LogP) is 1.46. The van der Waals surface area contributed by atoms with Gasteiger partial charge in [0.25, 0.3) is 0 Å². The molecule has 2 aromatic rings. The van der Waals surface area contributed by atoms with Gasteiger partial charge < -0.3 is 11.1 Å². The Morgan fingerprint density at radius 3 is 2.84 bits per heavy atom. The maximum absolute atomic E-state index is 11.7. The second kappa shape index (κ2) is 6.15. The molecule has 5 nitrogen and oxygen atoms in total. The molecule has 0 aliphatic heterocycles. The molecule has 1 unspecified atom stereocenters. The van der Waals surface area contributed by atoms with E-state index in [2.05, 4.69) is 10.4 Å². The number of nitrogens with two attached hydrogens (primary N) is 1. The Kier molecular flexibility index (Phi) is 4.30. The highest BCUT2D eigenvalue weighted by molar-refractivity contribution is 5.92. The Labute approximate surface area is 112 Å². The van der Waals surface area contributed by atoms with Gasteiger partial charge in [-0.25, -0.2) is 0 Å². The summed E-state index contributed by atoms with van der Waals surface area (Å²) in [4.78, 5) is 11.7. The quantitative estimate of drug-likeness (QED) is 0.853. The number of anilines is 1. The minimum absolute atomic E-state index is 0.0817. The first-order valence-corrected chi connectivity index (χ1v) is 6.26. The van der Waals surface area contributed by atoms with E-state index in [0.29, 0.717) is 18.8 Å². The molecule has 0 aliphatic carbocycles. The SMILES string of the molecule is CC(CN)C(=O)Nc1cnn(Cc2ccccc2)c1. The lowest BCUT2D eigenvalue weighted by Crippen LogP contribution is -2.26. The largest absolute Gasteiger partial charge is 0.330 e. The molecule has 19 heavy (non-hydrogen) atoms. The van der Waals surface area contributed by atoms with Crippen LogP contribution in [-0.2, 0) is 11.3 Å². The van der Waals surface area contributed by atoms with Crippen LogP contribution in [0.2, 0.25) is 0 Å². The van der Waals surface area contributed by atoms with Gasteiger partial charge in [-0.2, -0.15) is 5.10 Å². The zero-order valence-corrected chi connectivity index (χ0v) is 10.9. The third-order valence-electron chi connectivity index (χ3n) is 2.89. The Balaban J connectivity index is 1.98. The van der Waals surface area contributed by atoms with Crippen LogP contribution in [0.3, 0.4) is 0 Å². The van der Waals surface area contributed by atoms with Crippen LogP contribution in [0, 0.1) is 5.92 Å². The van der Waals surface area contributed by atoms with Crippen molar-refractivity contribution in [3.8, 4) is 0 Å². The second-order valence-corrected chi connectivity index (χ2v) is 4.54. The van der Waals surface area contributed by atoms with E-state index in [4.69, 9.17) is 5.73 Å². The fraction of sp³-hybridized carbons (Fsp3) is 0.286. The molecule has 3 N–H and O–H groups in total. The second-order valence-electron chi connectivity index (χ2n) is 4.54. The average molecular weight is 258 g/mol. The Morgan fingerprint density at radius 2 is 2.16 bits per heavy atom. The Bertz CT molecular complexity index is 535. The van der Waals surface area contributed by atoms with E-state index in [1.54, 1.807) is 17.8 Å².